The molecule has 0 aromatic heterocycles. The molecule has 0 fully saturated rings. The zero-order chi connectivity index (χ0) is 25.5. The van der Waals surface area contributed by atoms with E-state index >= 15 is 0 Å². The Balaban J connectivity index is 1.57. The van der Waals surface area contributed by atoms with Crippen LogP contribution in [-0.4, -0.2) is 57.9 Å². The molecular weight excluding hydrogens is 475 g/mol. The maximum absolute atomic E-state index is 12.4. The van der Waals surface area contributed by atoms with Crippen molar-refractivity contribution in [1.82, 2.24) is 4.90 Å². The van der Waals surface area contributed by atoms with E-state index in [0.29, 0.717) is 12.4 Å². The molecule has 0 radical (unpaired) electrons. The van der Waals surface area contributed by atoms with Gasteiger partial charge in [0.1, 0.15) is 12.4 Å². The van der Waals surface area contributed by atoms with E-state index < -0.39 is 32.7 Å². The van der Waals surface area contributed by atoms with Crippen molar-refractivity contribution in [2.45, 2.75) is 12.7 Å². The molecule has 0 aliphatic rings. The van der Waals surface area contributed by atoms with Crippen LogP contribution < -0.4 is 15.1 Å². The number of ketones is 1. The number of halogens is 3. The van der Waals surface area contributed by atoms with Crippen molar-refractivity contribution in [1.29, 1.82) is 0 Å². The first-order valence-corrected chi connectivity index (χ1v) is 13.4. The maximum Gasteiger partial charge on any atom is 0.451 e. The van der Waals surface area contributed by atoms with Crippen LogP contribution in [-0.2, 0) is 9.22 Å². The average molecular weight is 502 g/mol. The topological polar surface area (TPSA) is 55.8 Å². The molecule has 3 rings (SSSR count). The third-order valence-electron chi connectivity index (χ3n) is 5.54. The number of nitrogens with zero attached hydrogens (tertiary/aromatic N) is 1. The highest BCUT2D eigenvalue weighted by molar-refractivity contribution is 6.96. The van der Waals surface area contributed by atoms with Gasteiger partial charge in [0.2, 0.25) is 0 Å². The lowest BCUT2D eigenvalue weighted by Crippen LogP contribution is -2.58. The molecule has 1 amide bonds. The van der Waals surface area contributed by atoms with Gasteiger partial charge in [-0.1, -0.05) is 60.7 Å². The predicted molar refractivity (Wildman–Crippen MR) is 130 cm³/mol. The summed E-state index contributed by atoms with van der Waals surface area (Å²) >= 11 is 0. The van der Waals surface area contributed by atoms with E-state index in [4.69, 9.17) is 9.16 Å². The van der Waals surface area contributed by atoms with Gasteiger partial charge in [0, 0.05) is 12.6 Å². The van der Waals surface area contributed by atoms with Crippen molar-refractivity contribution in [3.63, 3.8) is 0 Å². The summed E-state index contributed by atoms with van der Waals surface area (Å²) in [6, 6.07) is 26.1. The average Bonchev–Trinajstić information content (AvgIpc) is 2.87. The molecule has 0 saturated heterocycles. The fourth-order valence-corrected chi connectivity index (χ4v) is 6.36. The number of amides is 1. The third kappa shape index (κ3) is 6.80. The second-order valence-electron chi connectivity index (χ2n) is 8.07. The first-order valence-electron chi connectivity index (χ1n) is 10.9. The first-order chi connectivity index (χ1) is 16.6. The molecule has 35 heavy (non-hydrogen) atoms. The first kappa shape index (κ1) is 26.2. The van der Waals surface area contributed by atoms with Crippen LogP contribution in [0.1, 0.15) is 10.4 Å². The van der Waals surface area contributed by atoms with Gasteiger partial charge < -0.3 is 14.1 Å². The van der Waals surface area contributed by atoms with Gasteiger partial charge in [-0.15, -0.1) is 0 Å². The molecule has 0 saturated carbocycles. The highest BCUT2D eigenvalue weighted by Crippen LogP contribution is 2.18. The predicted octanol–water partition coefficient (Wildman–Crippen LogP) is 3.68. The highest BCUT2D eigenvalue weighted by atomic mass is 28.4. The minimum Gasteiger partial charge on any atom is -0.491 e. The molecule has 0 spiro atoms. The van der Waals surface area contributed by atoms with Crippen molar-refractivity contribution in [3.05, 3.63) is 90.5 Å². The molecule has 0 bridgehead atoms. The number of ether oxygens (including phenoxy) is 1. The second kappa shape index (κ2) is 11.3. The van der Waals surface area contributed by atoms with Gasteiger partial charge in [-0.25, -0.2) is 0 Å². The number of carbonyl (C=O) groups is 2. The zero-order valence-corrected chi connectivity index (χ0v) is 20.4. The minimum absolute atomic E-state index is 0.152. The Hall–Kier alpha value is -3.43. The molecule has 0 atom stereocenters. The summed E-state index contributed by atoms with van der Waals surface area (Å²) in [7, 11) is -1.29. The van der Waals surface area contributed by atoms with Crippen molar-refractivity contribution in [2.24, 2.45) is 0 Å². The summed E-state index contributed by atoms with van der Waals surface area (Å²) in [5.41, 5.74) is 0.152. The van der Waals surface area contributed by atoms with Gasteiger partial charge in [-0.2, -0.15) is 13.2 Å². The van der Waals surface area contributed by atoms with Gasteiger partial charge in [0.25, 0.3) is 20.0 Å². The van der Waals surface area contributed by atoms with Crippen LogP contribution >= 0.6 is 0 Å². The van der Waals surface area contributed by atoms with E-state index in [0.717, 1.165) is 22.3 Å². The van der Waals surface area contributed by atoms with E-state index in [9.17, 15) is 22.8 Å². The fraction of sp³-hybridized carbons (Fsp3) is 0.231. The molecule has 0 aliphatic carbocycles. The number of Topliss-reactive ketones (excluding diaryl/α,β-unsaturated/α-hetero) is 1. The number of benzene rings is 3. The molecule has 184 valence electrons. The van der Waals surface area contributed by atoms with Crippen LogP contribution in [0.25, 0.3) is 0 Å². The van der Waals surface area contributed by atoms with Crippen LogP contribution in [0.15, 0.2) is 84.9 Å². The number of carbonyl (C=O) groups excluding carboxylic acids is 2. The van der Waals surface area contributed by atoms with E-state index in [1.165, 1.54) is 12.1 Å². The fourth-order valence-electron chi connectivity index (χ4n) is 3.54. The lowest BCUT2D eigenvalue weighted by molar-refractivity contribution is -0.171. The lowest BCUT2D eigenvalue weighted by atomic mass is 10.2. The summed E-state index contributed by atoms with van der Waals surface area (Å²) in [5.74, 6) is -2.18. The van der Waals surface area contributed by atoms with Crippen LogP contribution in [0.5, 0.6) is 5.75 Å². The van der Waals surface area contributed by atoms with E-state index in [2.05, 4.69) is 30.8 Å². The smallest absolute Gasteiger partial charge is 0.451 e. The Morgan fingerprint density at radius 2 is 1.34 bits per heavy atom. The zero-order valence-electron chi connectivity index (χ0n) is 19.4. The summed E-state index contributed by atoms with van der Waals surface area (Å²) in [5, 5.41) is 2.28. The Labute approximate surface area is 203 Å². The molecule has 0 N–H and O–H groups in total. The molecule has 9 heteroatoms. The Morgan fingerprint density at radius 1 is 0.829 bits per heavy atom. The molecule has 0 aliphatic heterocycles. The largest absolute Gasteiger partial charge is 0.491 e. The van der Waals surface area contributed by atoms with Crippen LogP contribution in [0, 0.1) is 0 Å². The van der Waals surface area contributed by atoms with Crippen LogP contribution in [0.3, 0.4) is 0 Å². The normalized spacial score (nSPS) is 11.7. The maximum atomic E-state index is 12.4. The summed E-state index contributed by atoms with van der Waals surface area (Å²) in [6.45, 7) is 1.71. The number of alkyl halides is 3. The number of hydrogen-bond donors (Lipinski definition) is 0. The molecule has 0 heterocycles. The quantitative estimate of drug-likeness (QED) is 0.314. The van der Waals surface area contributed by atoms with Crippen molar-refractivity contribution >= 4 is 30.4 Å². The Kier molecular flexibility index (Phi) is 8.47. The van der Waals surface area contributed by atoms with Gasteiger partial charge >= 0.3 is 6.18 Å². The summed E-state index contributed by atoms with van der Waals surface area (Å²) in [4.78, 5) is 24.2. The van der Waals surface area contributed by atoms with E-state index in [1.54, 1.807) is 12.1 Å². The van der Waals surface area contributed by atoms with Gasteiger partial charge in [-0.3, -0.25) is 9.59 Å². The number of likely N-dealkylation sites (N-methyl/N-ethyl adjacent to an activating group) is 1. The monoisotopic (exact) mass is 501 g/mol. The van der Waals surface area contributed by atoms with E-state index in [1.807, 2.05) is 36.4 Å². The molecule has 0 unspecified atom stereocenters. The van der Waals surface area contributed by atoms with Crippen molar-refractivity contribution in [3.8, 4) is 5.75 Å². The molecule has 3 aromatic carbocycles. The highest BCUT2D eigenvalue weighted by Gasteiger charge is 2.39. The van der Waals surface area contributed by atoms with E-state index in [-0.39, 0.29) is 12.2 Å². The standard InChI is InChI=1S/C26H26F3NO4Si/c1-30(19-24(31)26(27,28)29)25(32)20-13-15-21(16-14-20)33-17-18-34-35(2,22-9-5-3-6-10-22)23-11-7-4-8-12-23/h3-16H,17-19H2,1-2H3. The van der Waals surface area contributed by atoms with Gasteiger partial charge in [-0.05, 0) is 41.2 Å². The van der Waals surface area contributed by atoms with Crippen molar-refractivity contribution < 1.29 is 31.9 Å². The summed E-state index contributed by atoms with van der Waals surface area (Å²) < 4.78 is 49.4. The lowest BCUT2D eigenvalue weighted by Gasteiger charge is -2.28. The Morgan fingerprint density at radius 3 is 1.83 bits per heavy atom. The molecule has 5 nitrogen and oxygen atoms in total. The Bertz CT molecular complexity index is 1080. The molecule has 3 aromatic rings. The van der Waals surface area contributed by atoms with Crippen LogP contribution in [0.2, 0.25) is 6.55 Å². The number of rotatable bonds is 10. The second-order valence-corrected chi connectivity index (χ2v) is 11.6. The number of hydrogen-bond acceptors (Lipinski definition) is 4. The third-order valence-corrected chi connectivity index (χ3v) is 9.19. The van der Waals surface area contributed by atoms with Crippen molar-refractivity contribution in [2.75, 3.05) is 26.8 Å². The van der Waals surface area contributed by atoms with Gasteiger partial charge in [0.05, 0.1) is 13.2 Å². The SMILES string of the molecule is CN(CC(=O)C(F)(F)F)C(=O)c1ccc(OCCO[Si](C)(c2ccccc2)c2ccccc2)cc1. The molecular formula is C26H26F3NO4Si. The van der Waals surface area contributed by atoms with Gasteiger partial charge in [0.15, 0.2) is 0 Å². The van der Waals surface area contributed by atoms with Crippen LogP contribution in [0.4, 0.5) is 13.2 Å². The minimum atomic E-state index is -4.98. The summed E-state index contributed by atoms with van der Waals surface area (Å²) in [6.07, 6.45) is -4.98.